The summed E-state index contributed by atoms with van der Waals surface area (Å²) in [4.78, 5) is 19.0. The van der Waals surface area contributed by atoms with Crippen LogP contribution in [0.3, 0.4) is 0 Å². The second-order valence-electron chi connectivity index (χ2n) is 6.32. The van der Waals surface area contributed by atoms with E-state index in [1.54, 1.807) is 18.1 Å². The number of carbonyl (C=O) groups excluding carboxylic acids is 1. The van der Waals surface area contributed by atoms with Gasteiger partial charge >= 0.3 is 0 Å². The van der Waals surface area contributed by atoms with Gasteiger partial charge in [-0.05, 0) is 43.2 Å². The molecule has 1 unspecified atom stereocenters. The summed E-state index contributed by atoms with van der Waals surface area (Å²) in [6, 6.07) is 12.8. The van der Waals surface area contributed by atoms with E-state index in [1.807, 2.05) is 24.3 Å². The van der Waals surface area contributed by atoms with E-state index >= 15 is 0 Å². The molecular weight excluding hydrogens is 349 g/mol. The van der Waals surface area contributed by atoms with Crippen LogP contribution < -0.4 is 4.74 Å². The van der Waals surface area contributed by atoms with Crippen molar-refractivity contribution >= 4 is 5.91 Å². The Labute approximate surface area is 155 Å². The molecule has 0 bridgehead atoms. The van der Waals surface area contributed by atoms with Crippen molar-refractivity contribution in [3.63, 3.8) is 0 Å². The van der Waals surface area contributed by atoms with Gasteiger partial charge in [0.15, 0.2) is 0 Å². The van der Waals surface area contributed by atoms with Crippen molar-refractivity contribution in [2.75, 3.05) is 13.7 Å². The van der Waals surface area contributed by atoms with E-state index in [-0.39, 0.29) is 11.9 Å². The van der Waals surface area contributed by atoms with E-state index in [0.717, 1.165) is 12.0 Å². The highest BCUT2D eigenvalue weighted by Crippen LogP contribution is 2.34. The van der Waals surface area contributed by atoms with Gasteiger partial charge in [-0.2, -0.15) is 4.98 Å². The van der Waals surface area contributed by atoms with E-state index in [4.69, 9.17) is 9.26 Å². The number of methoxy groups -OCH3 is 1. The fourth-order valence-electron chi connectivity index (χ4n) is 3.36. The molecule has 2 aromatic carbocycles. The molecule has 1 atom stereocenters. The zero-order valence-corrected chi connectivity index (χ0v) is 14.8. The molecule has 6 nitrogen and oxygen atoms in total. The van der Waals surface area contributed by atoms with E-state index < -0.39 is 5.82 Å². The zero-order valence-electron chi connectivity index (χ0n) is 14.8. The molecule has 1 aromatic heterocycles. The maximum Gasteiger partial charge on any atom is 0.254 e. The first-order valence-corrected chi connectivity index (χ1v) is 8.71. The van der Waals surface area contributed by atoms with Crippen LogP contribution in [0.2, 0.25) is 0 Å². The number of likely N-dealkylation sites (tertiary alicyclic amines) is 1. The largest absolute Gasteiger partial charge is 0.496 e. The fourth-order valence-corrected chi connectivity index (χ4v) is 3.36. The van der Waals surface area contributed by atoms with E-state index in [9.17, 15) is 9.18 Å². The summed E-state index contributed by atoms with van der Waals surface area (Å²) in [5, 5.41) is 4.06. The molecule has 0 spiro atoms. The molecule has 138 valence electrons. The van der Waals surface area contributed by atoms with E-state index in [2.05, 4.69) is 10.1 Å². The van der Waals surface area contributed by atoms with Gasteiger partial charge in [0.1, 0.15) is 17.6 Å². The Balaban J connectivity index is 1.61. The summed E-state index contributed by atoms with van der Waals surface area (Å²) in [7, 11) is 1.58. The van der Waals surface area contributed by atoms with Crippen LogP contribution in [-0.2, 0) is 0 Å². The second kappa shape index (κ2) is 7.19. The molecule has 7 heteroatoms. The first kappa shape index (κ1) is 17.2. The molecule has 1 amide bonds. The van der Waals surface area contributed by atoms with Crippen LogP contribution >= 0.6 is 0 Å². The Hall–Kier alpha value is -3.22. The third-order valence-electron chi connectivity index (χ3n) is 4.66. The molecule has 0 aliphatic carbocycles. The van der Waals surface area contributed by atoms with Gasteiger partial charge in [-0.3, -0.25) is 4.79 Å². The Kier molecular flexibility index (Phi) is 4.58. The van der Waals surface area contributed by atoms with Crippen LogP contribution in [0.15, 0.2) is 53.1 Å². The number of ether oxygens (including phenoxy) is 1. The molecular formula is C20H18FN3O3. The molecule has 1 fully saturated rings. The van der Waals surface area contributed by atoms with Crippen molar-refractivity contribution < 1.29 is 18.4 Å². The summed E-state index contributed by atoms with van der Waals surface area (Å²) < 4.78 is 24.3. The van der Waals surface area contributed by atoms with Gasteiger partial charge in [-0.25, -0.2) is 4.39 Å². The number of hydrogen-bond donors (Lipinski definition) is 0. The summed E-state index contributed by atoms with van der Waals surface area (Å²) in [6.45, 7) is 0.562. The monoisotopic (exact) mass is 367 g/mol. The lowest BCUT2D eigenvalue weighted by Gasteiger charge is -2.21. The first-order valence-electron chi connectivity index (χ1n) is 8.71. The molecule has 2 heterocycles. The van der Waals surface area contributed by atoms with Crippen LogP contribution in [0.4, 0.5) is 4.39 Å². The highest BCUT2D eigenvalue weighted by molar-refractivity contribution is 5.94. The Bertz CT molecular complexity index is 972. The van der Waals surface area contributed by atoms with E-state index in [1.165, 1.54) is 18.2 Å². The Morgan fingerprint density at radius 3 is 2.93 bits per heavy atom. The van der Waals surface area contributed by atoms with E-state index in [0.29, 0.717) is 36.0 Å². The molecule has 0 radical (unpaired) electrons. The highest BCUT2D eigenvalue weighted by atomic mass is 19.1. The number of rotatable bonds is 4. The van der Waals surface area contributed by atoms with Crippen molar-refractivity contribution in [1.29, 1.82) is 0 Å². The minimum Gasteiger partial charge on any atom is -0.496 e. The lowest BCUT2D eigenvalue weighted by molar-refractivity contribution is 0.0709. The van der Waals surface area contributed by atoms with Gasteiger partial charge in [0.2, 0.25) is 11.7 Å². The number of amides is 1. The number of benzene rings is 2. The molecule has 0 N–H and O–H groups in total. The molecule has 27 heavy (non-hydrogen) atoms. The second-order valence-corrected chi connectivity index (χ2v) is 6.32. The van der Waals surface area contributed by atoms with Crippen LogP contribution in [0.1, 0.15) is 35.1 Å². The van der Waals surface area contributed by atoms with Gasteiger partial charge in [0, 0.05) is 12.1 Å². The average Bonchev–Trinajstić information content (AvgIpc) is 3.36. The van der Waals surface area contributed by atoms with Crippen molar-refractivity contribution in [1.82, 2.24) is 15.0 Å². The minimum atomic E-state index is -0.437. The van der Waals surface area contributed by atoms with Gasteiger partial charge in [-0.15, -0.1) is 0 Å². The van der Waals surface area contributed by atoms with Crippen LogP contribution in [0, 0.1) is 5.82 Å². The number of aromatic nitrogens is 2. The van der Waals surface area contributed by atoms with Crippen LogP contribution in [0.25, 0.3) is 11.4 Å². The van der Waals surface area contributed by atoms with Crippen molar-refractivity contribution in [3.8, 4) is 17.1 Å². The van der Waals surface area contributed by atoms with Crippen LogP contribution in [0.5, 0.6) is 5.75 Å². The minimum absolute atomic E-state index is 0.242. The predicted octanol–water partition coefficient (Wildman–Crippen LogP) is 3.86. The number of para-hydroxylation sites is 1. The number of hydrogen-bond acceptors (Lipinski definition) is 5. The summed E-state index contributed by atoms with van der Waals surface area (Å²) >= 11 is 0. The Morgan fingerprint density at radius 2 is 2.11 bits per heavy atom. The average molecular weight is 367 g/mol. The van der Waals surface area contributed by atoms with Crippen molar-refractivity contribution in [2.24, 2.45) is 0 Å². The molecule has 0 saturated carbocycles. The molecule has 1 aliphatic heterocycles. The number of carbonyl (C=O) groups is 1. The first-order chi connectivity index (χ1) is 13.2. The summed E-state index contributed by atoms with van der Waals surface area (Å²) in [5.41, 5.74) is 1.03. The van der Waals surface area contributed by atoms with Crippen LogP contribution in [-0.4, -0.2) is 34.6 Å². The Morgan fingerprint density at radius 1 is 1.26 bits per heavy atom. The predicted molar refractivity (Wildman–Crippen MR) is 95.7 cm³/mol. The fraction of sp³-hybridized carbons (Fsp3) is 0.250. The SMILES string of the molecule is COc1ccccc1-c1noc(C2CCCN2C(=O)c2cccc(F)c2)n1. The molecule has 4 rings (SSSR count). The standard InChI is InChI=1S/C20H18FN3O3/c1-26-17-10-3-2-8-15(17)18-22-19(27-23-18)16-9-5-11-24(16)20(25)13-6-4-7-14(21)12-13/h2-4,6-8,10,12,16H,5,9,11H2,1H3. The van der Waals surface area contributed by atoms with Crippen molar-refractivity contribution in [2.45, 2.75) is 18.9 Å². The smallest absolute Gasteiger partial charge is 0.254 e. The van der Waals surface area contributed by atoms with Gasteiger partial charge in [-0.1, -0.05) is 23.4 Å². The lowest BCUT2D eigenvalue weighted by atomic mass is 10.1. The third-order valence-corrected chi connectivity index (χ3v) is 4.66. The quantitative estimate of drug-likeness (QED) is 0.700. The van der Waals surface area contributed by atoms with Gasteiger partial charge in [0.05, 0.1) is 12.7 Å². The molecule has 3 aromatic rings. The highest BCUT2D eigenvalue weighted by Gasteiger charge is 2.34. The number of nitrogens with zero attached hydrogens (tertiary/aromatic N) is 3. The summed E-state index contributed by atoms with van der Waals surface area (Å²) in [5.74, 6) is 0.747. The lowest BCUT2D eigenvalue weighted by Crippen LogP contribution is -2.30. The maximum atomic E-state index is 13.5. The number of halogens is 1. The zero-order chi connectivity index (χ0) is 18.8. The third kappa shape index (κ3) is 3.28. The normalized spacial score (nSPS) is 16.5. The maximum absolute atomic E-state index is 13.5. The van der Waals surface area contributed by atoms with Gasteiger partial charge in [0.25, 0.3) is 5.91 Å². The summed E-state index contributed by atoms with van der Waals surface area (Å²) in [6.07, 6.45) is 1.53. The van der Waals surface area contributed by atoms with Crippen molar-refractivity contribution in [3.05, 3.63) is 65.8 Å². The van der Waals surface area contributed by atoms with Gasteiger partial charge < -0.3 is 14.2 Å². The molecule has 1 aliphatic rings. The molecule has 1 saturated heterocycles. The topological polar surface area (TPSA) is 68.5 Å².